The fraction of sp³-hybridized carbons (Fsp3) is 0.867. The van der Waals surface area contributed by atoms with Crippen molar-refractivity contribution in [1.29, 1.82) is 0 Å². The third kappa shape index (κ3) is 4.88. The molecule has 6 heteroatoms. The van der Waals surface area contributed by atoms with E-state index < -0.39 is 0 Å². The Balaban J connectivity index is 1.92. The van der Waals surface area contributed by atoms with Gasteiger partial charge in [0.1, 0.15) is 0 Å². The van der Waals surface area contributed by atoms with Crippen molar-refractivity contribution in [3.8, 4) is 0 Å². The first-order chi connectivity index (χ1) is 10.1. The second-order valence-corrected chi connectivity index (χ2v) is 7.45. The minimum Gasteiger partial charge on any atom is -0.353 e. The first kappa shape index (κ1) is 16.6. The van der Waals surface area contributed by atoms with E-state index in [1.165, 1.54) is 0 Å². The van der Waals surface area contributed by atoms with Crippen molar-refractivity contribution < 1.29 is 9.59 Å². The fourth-order valence-electron chi connectivity index (χ4n) is 2.78. The maximum Gasteiger partial charge on any atom is 0.237 e. The monoisotopic (exact) mass is 313 g/mol. The third-order valence-corrected chi connectivity index (χ3v) is 5.11. The summed E-state index contributed by atoms with van der Waals surface area (Å²) in [5, 5.41) is 2.90. The smallest absolute Gasteiger partial charge is 0.237 e. The van der Waals surface area contributed by atoms with Gasteiger partial charge in [0.2, 0.25) is 11.8 Å². The number of carbonyl (C=O) groups is 2. The molecular weight excluding hydrogens is 286 g/mol. The SMILES string of the molecule is CC(C)CCN1CCNC(=O)C1CC(=O)N1CCSCC1. The quantitative estimate of drug-likeness (QED) is 0.816. The van der Waals surface area contributed by atoms with Gasteiger partial charge < -0.3 is 10.2 Å². The standard InChI is InChI=1S/C15H27N3O2S/c1-12(2)3-5-17-6-4-16-15(20)13(17)11-14(19)18-7-9-21-10-8-18/h12-13H,3-11H2,1-2H3,(H,16,20). The van der Waals surface area contributed by atoms with Crippen LogP contribution in [0.3, 0.4) is 0 Å². The highest BCUT2D eigenvalue weighted by Gasteiger charge is 2.32. The molecule has 1 atom stereocenters. The summed E-state index contributed by atoms with van der Waals surface area (Å²) in [6.07, 6.45) is 1.40. The molecule has 5 nitrogen and oxygen atoms in total. The van der Waals surface area contributed by atoms with Crippen LogP contribution in [0.1, 0.15) is 26.7 Å². The summed E-state index contributed by atoms with van der Waals surface area (Å²) in [5.41, 5.74) is 0. The zero-order valence-electron chi connectivity index (χ0n) is 13.1. The molecule has 2 amide bonds. The molecule has 0 saturated carbocycles. The molecule has 0 spiro atoms. The molecule has 1 unspecified atom stereocenters. The zero-order chi connectivity index (χ0) is 15.2. The molecule has 120 valence electrons. The fourth-order valence-corrected chi connectivity index (χ4v) is 3.69. The molecule has 2 aliphatic rings. The van der Waals surface area contributed by atoms with E-state index >= 15 is 0 Å². The molecule has 0 aromatic rings. The van der Waals surface area contributed by atoms with Gasteiger partial charge in [0.25, 0.3) is 0 Å². The van der Waals surface area contributed by atoms with Crippen LogP contribution in [-0.2, 0) is 9.59 Å². The number of amides is 2. The highest BCUT2D eigenvalue weighted by Crippen LogP contribution is 2.16. The van der Waals surface area contributed by atoms with Gasteiger partial charge in [-0.2, -0.15) is 11.8 Å². The molecule has 0 radical (unpaired) electrons. The lowest BCUT2D eigenvalue weighted by Crippen LogP contribution is -2.57. The summed E-state index contributed by atoms with van der Waals surface area (Å²) < 4.78 is 0. The first-order valence-corrected chi connectivity index (χ1v) is 9.10. The van der Waals surface area contributed by atoms with E-state index in [-0.39, 0.29) is 17.9 Å². The second kappa shape index (κ2) is 8.03. The van der Waals surface area contributed by atoms with Gasteiger partial charge in [-0.05, 0) is 18.9 Å². The van der Waals surface area contributed by atoms with Crippen LogP contribution in [0.4, 0.5) is 0 Å². The Morgan fingerprint density at radius 3 is 2.71 bits per heavy atom. The van der Waals surface area contributed by atoms with Gasteiger partial charge in [0, 0.05) is 37.7 Å². The molecule has 2 fully saturated rings. The van der Waals surface area contributed by atoms with Crippen molar-refractivity contribution >= 4 is 23.6 Å². The van der Waals surface area contributed by atoms with Crippen LogP contribution in [-0.4, -0.2) is 71.9 Å². The van der Waals surface area contributed by atoms with Crippen LogP contribution < -0.4 is 5.32 Å². The lowest BCUT2D eigenvalue weighted by Gasteiger charge is -2.36. The number of rotatable bonds is 5. The zero-order valence-corrected chi connectivity index (χ0v) is 14.0. The molecule has 0 bridgehead atoms. The van der Waals surface area contributed by atoms with Crippen LogP contribution in [0.2, 0.25) is 0 Å². The van der Waals surface area contributed by atoms with Crippen molar-refractivity contribution in [2.45, 2.75) is 32.7 Å². The van der Waals surface area contributed by atoms with Crippen molar-refractivity contribution in [1.82, 2.24) is 15.1 Å². The molecule has 2 heterocycles. The number of hydrogen-bond acceptors (Lipinski definition) is 4. The topological polar surface area (TPSA) is 52.7 Å². The predicted molar refractivity (Wildman–Crippen MR) is 86.3 cm³/mol. The van der Waals surface area contributed by atoms with E-state index in [0.717, 1.165) is 44.1 Å². The lowest BCUT2D eigenvalue weighted by molar-refractivity contribution is -0.138. The Bertz CT molecular complexity index is 370. The van der Waals surface area contributed by atoms with Crippen molar-refractivity contribution in [2.24, 2.45) is 5.92 Å². The minimum atomic E-state index is -0.278. The molecular formula is C15H27N3O2S. The third-order valence-electron chi connectivity index (χ3n) is 4.17. The largest absolute Gasteiger partial charge is 0.353 e. The number of piperazine rings is 1. The van der Waals surface area contributed by atoms with Crippen LogP contribution in [0.25, 0.3) is 0 Å². The predicted octanol–water partition coefficient (Wildman–Crippen LogP) is 0.798. The van der Waals surface area contributed by atoms with Crippen LogP contribution in [0.5, 0.6) is 0 Å². The maximum absolute atomic E-state index is 12.4. The van der Waals surface area contributed by atoms with Crippen molar-refractivity contribution in [2.75, 3.05) is 44.2 Å². The average Bonchev–Trinajstić information content (AvgIpc) is 2.48. The Morgan fingerprint density at radius 1 is 1.33 bits per heavy atom. The van der Waals surface area contributed by atoms with E-state index in [2.05, 4.69) is 24.1 Å². The molecule has 0 aromatic carbocycles. The minimum absolute atomic E-state index is 0.0183. The molecule has 1 N–H and O–H groups in total. The van der Waals surface area contributed by atoms with Crippen molar-refractivity contribution in [3.63, 3.8) is 0 Å². The Kier molecular flexibility index (Phi) is 6.36. The van der Waals surface area contributed by atoms with Gasteiger partial charge in [-0.25, -0.2) is 0 Å². The van der Waals surface area contributed by atoms with E-state index in [1.54, 1.807) is 0 Å². The maximum atomic E-state index is 12.4. The average molecular weight is 313 g/mol. The Labute approximate surface area is 131 Å². The second-order valence-electron chi connectivity index (χ2n) is 6.22. The van der Waals surface area contributed by atoms with Crippen LogP contribution in [0, 0.1) is 5.92 Å². The lowest BCUT2D eigenvalue weighted by atomic mass is 10.0. The number of hydrogen-bond donors (Lipinski definition) is 1. The summed E-state index contributed by atoms with van der Waals surface area (Å²) in [6, 6.07) is -0.278. The highest BCUT2D eigenvalue weighted by atomic mass is 32.2. The Morgan fingerprint density at radius 2 is 2.05 bits per heavy atom. The van der Waals surface area contributed by atoms with Gasteiger partial charge in [0.15, 0.2) is 0 Å². The van der Waals surface area contributed by atoms with E-state index in [1.807, 2.05) is 16.7 Å². The molecule has 21 heavy (non-hydrogen) atoms. The van der Waals surface area contributed by atoms with E-state index in [0.29, 0.717) is 18.9 Å². The number of carbonyl (C=O) groups excluding carboxylic acids is 2. The van der Waals surface area contributed by atoms with Gasteiger partial charge >= 0.3 is 0 Å². The number of nitrogens with one attached hydrogen (secondary N) is 1. The van der Waals surface area contributed by atoms with E-state index in [4.69, 9.17) is 0 Å². The molecule has 0 aromatic heterocycles. The van der Waals surface area contributed by atoms with Gasteiger partial charge in [0.05, 0.1) is 12.5 Å². The molecule has 0 aliphatic carbocycles. The summed E-state index contributed by atoms with van der Waals surface area (Å²) in [4.78, 5) is 28.7. The molecule has 2 rings (SSSR count). The van der Waals surface area contributed by atoms with Gasteiger partial charge in [-0.3, -0.25) is 14.5 Å². The summed E-state index contributed by atoms with van der Waals surface area (Å²) in [7, 11) is 0. The summed E-state index contributed by atoms with van der Waals surface area (Å²) >= 11 is 1.89. The van der Waals surface area contributed by atoms with Gasteiger partial charge in [-0.1, -0.05) is 13.8 Å². The van der Waals surface area contributed by atoms with E-state index in [9.17, 15) is 9.59 Å². The normalized spacial score (nSPS) is 24.2. The number of thioether (sulfide) groups is 1. The summed E-state index contributed by atoms with van der Waals surface area (Å²) in [5.74, 6) is 2.79. The van der Waals surface area contributed by atoms with Gasteiger partial charge in [-0.15, -0.1) is 0 Å². The van der Waals surface area contributed by atoms with Crippen LogP contribution >= 0.6 is 11.8 Å². The summed E-state index contributed by atoms with van der Waals surface area (Å²) in [6.45, 7) is 8.48. The Hall–Kier alpha value is -0.750. The number of nitrogens with zero attached hydrogens (tertiary/aromatic N) is 2. The van der Waals surface area contributed by atoms with Crippen LogP contribution in [0.15, 0.2) is 0 Å². The molecule has 2 aliphatic heterocycles. The molecule has 2 saturated heterocycles. The highest BCUT2D eigenvalue weighted by molar-refractivity contribution is 7.99. The first-order valence-electron chi connectivity index (χ1n) is 7.95. The van der Waals surface area contributed by atoms with Crippen molar-refractivity contribution in [3.05, 3.63) is 0 Å².